The van der Waals surface area contributed by atoms with Crippen LogP contribution in [-0.2, 0) is 11.3 Å². The number of imide groups is 1. The van der Waals surface area contributed by atoms with E-state index < -0.39 is 11.9 Å². The largest absolute Gasteiger partial charge is 0.483 e. The first-order valence-corrected chi connectivity index (χ1v) is 7.03. The second kappa shape index (κ2) is 8.55. The standard InChI is InChI=1S/C13H18BrN3O3/c1-2-5-16-7-9-6-10(14)3-4-11(9)20-8-12(18)17-13(15)19/h3-4,6,16H,2,5,7-8H2,1H3,(H3,15,17,18,19). The van der Waals surface area contributed by atoms with Gasteiger partial charge in [-0.05, 0) is 31.2 Å². The van der Waals surface area contributed by atoms with Gasteiger partial charge in [-0.2, -0.15) is 0 Å². The van der Waals surface area contributed by atoms with Gasteiger partial charge < -0.3 is 15.8 Å². The van der Waals surface area contributed by atoms with Crippen LogP contribution >= 0.6 is 15.9 Å². The van der Waals surface area contributed by atoms with E-state index in [0.717, 1.165) is 23.0 Å². The van der Waals surface area contributed by atoms with Crippen LogP contribution in [0.25, 0.3) is 0 Å². The highest BCUT2D eigenvalue weighted by atomic mass is 79.9. The molecule has 0 saturated heterocycles. The van der Waals surface area contributed by atoms with E-state index in [1.165, 1.54) is 0 Å². The summed E-state index contributed by atoms with van der Waals surface area (Å²) in [6.07, 6.45) is 1.03. The van der Waals surface area contributed by atoms with E-state index in [9.17, 15) is 9.59 Å². The molecule has 0 heterocycles. The van der Waals surface area contributed by atoms with Crippen molar-refractivity contribution in [1.29, 1.82) is 0 Å². The van der Waals surface area contributed by atoms with Crippen LogP contribution in [0, 0.1) is 0 Å². The SMILES string of the molecule is CCCNCc1cc(Br)ccc1OCC(=O)NC(N)=O. The van der Waals surface area contributed by atoms with Gasteiger partial charge in [-0.3, -0.25) is 10.1 Å². The molecule has 110 valence electrons. The lowest BCUT2D eigenvalue weighted by Gasteiger charge is -2.12. The van der Waals surface area contributed by atoms with Crippen LogP contribution in [0.15, 0.2) is 22.7 Å². The third kappa shape index (κ3) is 6.03. The number of carbonyl (C=O) groups is 2. The van der Waals surface area contributed by atoms with Crippen LogP contribution in [0.3, 0.4) is 0 Å². The zero-order valence-electron chi connectivity index (χ0n) is 11.2. The Morgan fingerprint density at radius 3 is 2.80 bits per heavy atom. The molecular weight excluding hydrogens is 326 g/mol. The summed E-state index contributed by atoms with van der Waals surface area (Å²) in [5.41, 5.74) is 5.78. The van der Waals surface area contributed by atoms with Crippen molar-refractivity contribution >= 4 is 27.9 Å². The van der Waals surface area contributed by atoms with Gasteiger partial charge >= 0.3 is 6.03 Å². The topological polar surface area (TPSA) is 93.4 Å². The Balaban J connectivity index is 2.63. The molecule has 0 aliphatic heterocycles. The maximum atomic E-state index is 11.3. The average molecular weight is 344 g/mol. The lowest BCUT2D eigenvalue weighted by molar-refractivity contribution is -0.121. The summed E-state index contributed by atoms with van der Waals surface area (Å²) in [5, 5.41) is 5.21. The fraction of sp³-hybridized carbons (Fsp3) is 0.385. The smallest absolute Gasteiger partial charge is 0.318 e. The summed E-state index contributed by atoms with van der Waals surface area (Å²) < 4.78 is 6.34. The molecule has 0 aliphatic carbocycles. The van der Waals surface area contributed by atoms with E-state index in [2.05, 4.69) is 28.2 Å². The van der Waals surface area contributed by atoms with Gasteiger partial charge in [0.1, 0.15) is 5.75 Å². The Bertz CT molecular complexity index is 480. The van der Waals surface area contributed by atoms with Crippen molar-refractivity contribution in [3.63, 3.8) is 0 Å². The van der Waals surface area contributed by atoms with E-state index in [1.54, 1.807) is 6.07 Å². The fourth-order valence-corrected chi connectivity index (χ4v) is 1.95. The summed E-state index contributed by atoms with van der Waals surface area (Å²) in [6, 6.07) is 4.62. The quantitative estimate of drug-likeness (QED) is 0.654. The van der Waals surface area contributed by atoms with Gasteiger partial charge in [0.05, 0.1) is 0 Å². The maximum absolute atomic E-state index is 11.3. The molecule has 1 aromatic rings. The molecule has 0 aliphatic rings. The van der Waals surface area contributed by atoms with Crippen molar-refractivity contribution in [3.8, 4) is 5.75 Å². The third-order valence-electron chi connectivity index (χ3n) is 2.39. The number of urea groups is 1. The van der Waals surface area contributed by atoms with Crippen LogP contribution < -0.4 is 21.1 Å². The Hall–Kier alpha value is -1.60. The minimum absolute atomic E-state index is 0.259. The molecule has 0 saturated carbocycles. The van der Waals surface area contributed by atoms with Crippen molar-refractivity contribution in [2.75, 3.05) is 13.2 Å². The number of carbonyl (C=O) groups excluding carboxylic acids is 2. The zero-order valence-corrected chi connectivity index (χ0v) is 12.8. The first-order valence-electron chi connectivity index (χ1n) is 6.24. The normalized spacial score (nSPS) is 10.1. The third-order valence-corrected chi connectivity index (χ3v) is 2.88. The summed E-state index contributed by atoms with van der Waals surface area (Å²) in [5.74, 6) is 0.0179. The van der Waals surface area contributed by atoms with Crippen molar-refractivity contribution < 1.29 is 14.3 Å². The minimum Gasteiger partial charge on any atom is -0.483 e. The number of primary amides is 1. The van der Waals surface area contributed by atoms with E-state index in [-0.39, 0.29) is 6.61 Å². The number of ether oxygens (including phenoxy) is 1. The molecule has 0 aromatic heterocycles. The van der Waals surface area contributed by atoms with Crippen molar-refractivity contribution in [2.45, 2.75) is 19.9 Å². The van der Waals surface area contributed by atoms with Gasteiger partial charge in [-0.25, -0.2) is 4.79 Å². The molecule has 4 N–H and O–H groups in total. The van der Waals surface area contributed by atoms with Gasteiger partial charge in [-0.15, -0.1) is 0 Å². The second-order valence-electron chi connectivity index (χ2n) is 4.13. The first kappa shape index (κ1) is 16.5. The van der Waals surface area contributed by atoms with Gasteiger partial charge in [0.2, 0.25) is 0 Å². The molecule has 6 nitrogen and oxygen atoms in total. The lowest BCUT2D eigenvalue weighted by Crippen LogP contribution is -2.38. The van der Waals surface area contributed by atoms with Gasteiger partial charge in [0.15, 0.2) is 6.61 Å². The number of nitrogens with two attached hydrogens (primary N) is 1. The number of hydrogen-bond donors (Lipinski definition) is 3. The van der Waals surface area contributed by atoms with Crippen LogP contribution in [0.2, 0.25) is 0 Å². The molecule has 0 atom stereocenters. The van der Waals surface area contributed by atoms with E-state index >= 15 is 0 Å². The second-order valence-corrected chi connectivity index (χ2v) is 5.05. The highest BCUT2D eigenvalue weighted by Crippen LogP contribution is 2.23. The molecule has 20 heavy (non-hydrogen) atoms. The predicted molar refractivity (Wildman–Crippen MR) is 79.4 cm³/mol. The molecule has 0 fully saturated rings. The zero-order chi connectivity index (χ0) is 15.0. The fourth-order valence-electron chi connectivity index (χ4n) is 1.54. The Morgan fingerprint density at radius 1 is 1.40 bits per heavy atom. The monoisotopic (exact) mass is 343 g/mol. The average Bonchev–Trinajstić information content (AvgIpc) is 2.37. The maximum Gasteiger partial charge on any atom is 0.318 e. The molecule has 3 amide bonds. The molecule has 1 rings (SSSR count). The molecule has 0 spiro atoms. The van der Waals surface area contributed by atoms with Crippen molar-refractivity contribution in [2.24, 2.45) is 5.73 Å². The van der Waals surface area contributed by atoms with E-state index in [0.29, 0.717) is 12.3 Å². The van der Waals surface area contributed by atoms with Crippen LogP contribution in [0.1, 0.15) is 18.9 Å². The van der Waals surface area contributed by atoms with E-state index in [4.69, 9.17) is 10.5 Å². The van der Waals surface area contributed by atoms with E-state index in [1.807, 2.05) is 17.4 Å². The first-order chi connectivity index (χ1) is 9.52. The summed E-state index contributed by atoms with van der Waals surface area (Å²) in [7, 11) is 0. The number of nitrogens with one attached hydrogen (secondary N) is 2. The highest BCUT2D eigenvalue weighted by Gasteiger charge is 2.08. The van der Waals surface area contributed by atoms with Crippen LogP contribution in [-0.4, -0.2) is 25.1 Å². The minimum atomic E-state index is -0.890. The Kier molecular flexibility index (Phi) is 7.03. The Labute approximate surface area is 126 Å². The number of amides is 3. The Morgan fingerprint density at radius 2 is 2.15 bits per heavy atom. The number of halogens is 1. The lowest BCUT2D eigenvalue weighted by atomic mass is 10.2. The predicted octanol–water partition coefficient (Wildman–Crippen LogP) is 1.52. The molecular formula is C13H18BrN3O3. The summed E-state index contributed by atoms with van der Waals surface area (Å²) in [6.45, 7) is 3.36. The molecule has 1 aromatic carbocycles. The molecule has 0 radical (unpaired) electrons. The molecule has 0 bridgehead atoms. The number of hydrogen-bond acceptors (Lipinski definition) is 4. The van der Waals surface area contributed by atoms with Crippen LogP contribution in [0.5, 0.6) is 5.75 Å². The van der Waals surface area contributed by atoms with Gasteiger partial charge in [-0.1, -0.05) is 22.9 Å². The summed E-state index contributed by atoms with van der Waals surface area (Å²) in [4.78, 5) is 21.8. The van der Waals surface area contributed by atoms with Gasteiger partial charge in [0, 0.05) is 16.6 Å². The number of benzene rings is 1. The van der Waals surface area contributed by atoms with Crippen LogP contribution in [0.4, 0.5) is 4.79 Å². The highest BCUT2D eigenvalue weighted by molar-refractivity contribution is 9.10. The van der Waals surface area contributed by atoms with Gasteiger partial charge in [0.25, 0.3) is 5.91 Å². The number of rotatable bonds is 7. The van der Waals surface area contributed by atoms with Crippen molar-refractivity contribution in [3.05, 3.63) is 28.2 Å². The molecule has 7 heteroatoms. The molecule has 0 unspecified atom stereocenters. The van der Waals surface area contributed by atoms with Crippen molar-refractivity contribution in [1.82, 2.24) is 10.6 Å². The summed E-state index contributed by atoms with van der Waals surface area (Å²) >= 11 is 3.39.